The topological polar surface area (TPSA) is 90.4 Å². The third kappa shape index (κ3) is 54.2. The van der Waals surface area contributed by atoms with Crippen LogP contribution in [0.15, 0.2) is 0 Å². The second kappa shape index (κ2) is 15.9. The van der Waals surface area contributed by atoms with Crippen molar-refractivity contribution in [1.82, 2.24) is 0 Å². The first-order chi connectivity index (χ1) is 1.73. The average molecular weight is 160 g/mol. The van der Waals surface area contributed by atoms with Gasteiger partial charge in [0.25, 0.3) is 0 Å². The molecule has 0 aromatic heterocycles. The first-order valence-electron chi connectivity index (χ1n) is 0.516. The van der Waals surface area contributed by atoms with Gasteiger partial charge in [-0.15, -0.1) is 0 Å². The Labute approximate surface area is 109 Å². The Kier molecular flexibility index (Phi) is 51.2. The van der Waals surface area contributed by atoms with Crippen molar-refractivity contribution in [1.29, 1.82) is 0 Å². The number of hydrogen-bond acceptors (Lipinski definition) is 3. The molecule has 2 N–H and O–H groups in total. The Morgan fingerprint density at radius 1 is 1.57 bits per heavy atom. The van der Waals surface area contributed by atoms with Gasteiger partial charge < -0.3 is 14.6 Å². The van der Waals surface area contributed by atoms with Gasteiger partial charge in [0, 0.05) is 0 Å². The van der Waals surface area contributed by atoms with Gasteiger partial charge in [-0.25, -0.2) is 4.21 Å². The monoisotopic (exact) mass is 160 g/mol. The first-order valence-corrected chi connectivity index (χ1v) is 1.55. The van der Waals surface area contributed by atoms with Crippen LogP contribution in [0, 0.1) is 0 Å². The van der Waals surface area contributed by atoms with Crippen molar-refractivity contribution in [2.75, 3.05) is 0 Å². The van der Waals surface area contributed by atoms with Crippen molar-refractivity contribution in [2.45, 2.75) is 0 Å². The molecular formula is H2KNaO4S. The van der Waals surface area contributed by atoms with Crippen molar-refractivity contribution in [3.63, 3.8) is 0 Å². The molecule has 4 nitrogen and oxygen atoms in total. The van der Waals surface area contributed by atoms with Crippen molar-refractivity contribution in [3.05, 3.63) is 0 Å². The summed E-state index contributed by atoms with van der Waals surface area (Å²) in [4.78, 5) is 0. The molecule has 0 bridgehead atoms. The Balaban J connectivity index is -0.0000000150. The summed E-state index contributed by atoms with van der Waals surface area (Å²) in [6.07, 6.45) is 0. The molecule has 0 rings (SSSR count). The van der Waals surface area contributed by atoms with Gasteiger partial charge in [-0.3, -0.25) is 0 Å². The molecule has 7 heavy (non-hydrogen) atoms. The summed E-state index contributed by atoms with van der Waals surface area (Å²) in [5, 5.41) is 0. The molecule has 0 aromatic rings. The quantitative estimate of drug-likeness (QED) is 0.281. The molecule has 0 saturated heterocycles. The molecule has 0 fully saturated rings. The second-order valence-electron chi connectivity index (χ2n) is 0.217. The van der Waals surface area contributed by atoms with Gasteiger partial charge in [-0.2, -0.15) is 0 Å². The van der Waals surface area contributed by atoms with E-state index < -0.39 is 11.4 Å². The average Bonchev–Trinajstić information content (AvgIpc) is 0.811. The summed E-state index contributed by atoms with van der Waals surface area (Å²) >= 11 is -2.86. The van der Waals surface area contributed by atoms with Crippen molar-refractivity contribution < 1.29 is 99.7 Å². The Hall–Kier alpha value is 2.67. The van der Waals surface area contributed by atoms with Crippen LogP contribution in [0.1, 0.15) is 0 Å². The molecule has 7 heteroatoms. The zero-order chi connectivity index (χ0) is 3.58. The Morgan fingerprint density at radius 3 is 1.57 bits per heavy atom. The van der Waals surface area contributed by atoms with Crippen molar-refractivity contribution in [3.8, 4) is 0 Å². The van der Waals surface area contributed by atoms with Gasteiger partial charge in [-0.1, -0.05) is 0 Å². The van der Waals surface area contributed by atoms with Crippen LogP contribution >= 0.6 is 0 Å². The van der Waals surface area contributed by atoms with Crippen LogP contribution in [0.25, 0.3) is 0 Å². The largest absolute Gasteiger partial charge is 1.00 e. The smallest absolute Gasteiger partial charge is 0.870 e. The molecule has 0 aliphatic rings. The summed E-state index contributed by atoms with van der Waals surface area (Å²) in [7, 11) is 0. The molecule has 1 unspecified atom stereocenters. The maximum Gasteiger partial charge on any atom is 1.00 e. The molecule has 0 radical (unpaired) electrons. The van der Waals surface area contributed by atoms with Crippen LogP contribution in [0.5, 0.6) is 0 Å². The minimum atomic E-state index is -2.86. The molecule has 0 aromatic carbocycles. The summed E-state index contributed by atoms with van der Waals surface area (Å²) < 4.78 is 24.1. The van der Waals surface area contributed by atoms with E-state index in [9.17, 15) is 0 Å². The van der Waals surface area contributed by atoms with Crippen molar-refractivity contribution in [2.24, 2.45) is 0 Å². The van der Waals surface area contributed by atoms with Crippen LogP contribution in [0.3, 0.4) is 0 Å². The van der Waals surface area contributed by atoms with E-state index in [1.54, 1.807) is 0 Å². The summed E-state index contributed by atoms with van der Waals surface area (Å²) in [5.74, 6) is 0. The minimum Gasteiger partial charge on any atom is -0.870 e. The van der Waals surface area contributed by atoms with E-state index in [0.29, 0.717) is 0 Å². The fourth-order valence-corrected chi connectivity index (χ4v) is 0. The summed E-state index contributed by atoms with van der Waals surface area (Å²) in [6.45, 7) is 0. The molecule has 0 aliphatic carbocycles. The van der Waals surface area contributed by atoms with Gasteiger partial charge in [0.15, 0.2) is 0 Å². The predicted molar refractivity (Wildman–Crippen MR) is 13.5 cm³/mol. The Bertz CT molecular complexity index is 34.7. The van der Waals surface area contributed by atoms with Crippen LogP contribution in [-0.2, 0) is 11.4 Å². The van der Waals surface area contributed by atoms with Crippen molar-refractivity contribution >= 4 is 11.4 Å². The standard InChI is InChI=1S/K.Na.H2O3S.H2O/c;;1-4(2)3;/h;;(H2,1,2,3);1H2/q2*+1;;/p-2. The maximum absolute atomic E-state index is 8.56. The van der Waals surface area contributed by atoms with Crippen LogP contribution in [0.4, 0.5) is 0 Å². The summed E-state index contributed by atoms with van der Waals surface area (Å²) in [6, 6.07) is 0. The zero-order valence-electron chi connectivity index (χ0n) is 4.12. The van der Waals surface area contributed by atoms with E-state index in [1.165, 1.54) is 0 Å². The predicted octanol–water partition coefficient (Wildman–Crippen LogP) is -6.83. The van der Waals surface area contributed by atoms with Gasteiger partial charge in [0.05, 0.1) is 11.4 Å². The van der Waals surface area contributed by atoms with Crippen LogP contribution in [0.2, 0.25) is 0 Å². The Morgan fingerprint density at radius 2 is 1.57 bits per heavy atom. The number of rotatable bonds is 0. The first kappa shape index (κ1) is 22.6. The summed E-state index contributed by atoms with van der Waals surface area (Å²) in [5.41, 5.74) is 0. The fourth-order valence-electron chi connectivity index (χ4n) is 0. The van der Waals surface area contributed by atoms with E-state index in [0.717, 1.165) is 0 Å². The molecule has 0 amide bonds. The number of hydrogen-bond donors (Lipinski definition) is 1. The minimum absolute atomic E-state index is 0. The van der Waals surface area contributed by atoms with E-state index in [2.05, 4.69) is 0 Å². The second-order valence-corrected chi connectivity index (χ2v) is 0.651. The normalized spacial score (nSPS) is 8.86. The van der Waals surface area contributed by atoms with Crippen LogP contribution < -0.4 is 80.9 Å². The van der Waals surface area contributed by atoms with Gasteiger partial charge in [0.1, 0.15) is 0 Å². The van der Waals surface area contributed by atoms with Crippen LogP contribution in [-0.4, -0.2) is 18.8 Å². The van der Waals surface area contributed by atoms with E-state index in [4.69, 9.17) is 13.3 Å². The molecule has 0 saturated carbocycles. The third-order valence-corrected chi connectivity index (χ3v) is 0. The molecule has 34 valence electrons. The molecule has 0 aliphatic heterocycles. The van der Waals surface area contributed by atoms with E-state index in [1.807, 2.05) is 0 Å². The van der Waals surface area contributed by atoms with Gasteiger partial charge in [0.2, 0.25) is 0 Å². The molecule has 0 spiro atoms. The zero-order valence-corrected chi connectivity index (χ0v) is 10.1. The molecule has 0 heterocycles. The SMILES string of the molecule is O=S([O-])O.[K+].[Na+].[OH-]. The van der Waals surface area contributed by atoms with Gasteiger partial charge in [-0.05, 0) is 0 Å². The van der Waals surface area contributed by atoms with Gasteiger partial charge >= 0.3 is 80.9 Å². The maximum atomic E-state index is 8.56. The third-order valence-electron chi connectivity index (χ3n) is 0. The van der Waals surface area contributed by atoms with E-state index in [-0.39, 0.29) is 86.4 Å². The van der Waals surface area contributed by atoms with E-state index >= 15 is 0 Å². The molecule has 1 atom stereocenters. The fraction of sp³-hybridized carbons (Fsp3) is 0. The molecular weight excluding hydrogens is 158 g/mol.